The molecule has 3 N–H and O–H groups in total. The molecule has 15 heteroatoms. The molecule has 2 atom stereocenters. The zero-order valence-corrected chi connectivity index (χ0v) is 26.1. The summed E-state index contributed by atoms with van der Waals surface area (Å²) in [6.07, 6.45) is 3.75. The standard InChI is InChI=1S/C31H36F4N2O8S/c1-30(29(40)41)13-11-19(12-14-30)45-26-16-22(25(44-2)17-23(26)32)28(39)37-24-10-5-3-4-9-21(24)27(38)36-18-7-6-8-20(15-18)46(42,43)31(33,34)35/h6-8,15-17,19,21,24H,3-5,9-14H2,1-2H3,(H,36,38)(H,37,39)(H,40,41)/t19?,21-,24+,30?/m1/s1. The Kier molecular flexibility index (Phi) is 10.5. The molecule has 252 valence electrons. The monoisotopic (exact) mass is 672 g/mol. The zero-order valence-electron chi connectivity index (χ0n) is 25.3. The maximum atomic E-state index is 15.0. The maximum absolute atomic E-state index is 15.0. The quantitative estimate of drug-likeness (QED) is 0.222. The Morgan fingerprint density at radius 3 is 2.28 bits per heavy atom. The number of amides is 2. The molecule has 2 aromatic rings. The summed E-state index contributed by atoms with van der Waals surface area (Å²) in [6.45, 7) is 1.65. The van der Waals surface area contributed by atoms with Crippen LogP contribution in [0.1, 0.15) is 75.1 Å². The minimum Gasteiger partial charge on any atom is -0.496 e. The van der Waals surface area contributed by atoms with Crippen LogP contribution in [0.15, 0.2) is 41.3 Å². The molecule has 2 aliphatic rings. The molecule has 46 heavy (non-hydrogen) atoms. The Labute approximate surface area is 263 Å². The maximum Gasteiger partial charge on any atom is 0.501 e. The number of rotatable bonds is 9. The molecule has 2 aliphatic carbocycles. The molecule has 2 amide bonds. The minimum absolute atomic E-state index is 0.0569. The third kappa shape index (κ3) is 7.73. The van der Waals surface area contributed by atoms with E-state index >= 15 is 0 Å². The van der Waals surface area contributed by atoms with Gasteiger partial charge in [0.2, 0.25) is 5.91 Å². The first kappa shape index (κ1) is 35.0. The van der Waals surface area contributed by atoms with Crippen molar-refractivity contribution in [1.29, 1.82) is 0 Å². The van der Waals surface area contributed by atoms with Gasteiger partial charge in [-0.1, -0.05) is 25.3 Å². The molecular weight excluding hydrogens is 636 g/mol. The Hall–Kier alpha value is -3.88. The molecule has 2 saturated carbocycles. The number of benzene rings is 2. The van der Waals surface area contributed by atoms with E-state index in [4.69, 9.17) is 9.47 Å². The fourth-order valence-electron chi connectivity index (χ4n) is 5.86. The fraction of sp³-hybridized carbons (Fsp3) is 0.516. The lowest BCUT2D eigenvalue weighted by atomic mass is 9.75. The Morgan fingerprint density at radius 2 is 1.65 bits per heavy atom. The summed E-state index contributed by atoms with van der Waals surface area (Å²) in [7, 11) is -4.38. The number of alkyl halides is 3. The summed E-state index contributed by atoms with van der Waals surface area (Å²) in [5, 5.41) is 14.8. The molecule has 0 aromatic heterocycles. The van der Waals surface area contributed by atoms with Crippen molar-refractivity contribution in [2.24, 2.45) is 11.3 Å². The first-order valence-electron chi connectivity index (χ1n) is 14.9. The normalized spacial score (nSPS) is 23.9. The molecule has 0 heterocycles. The van der Waals surface area contributed by atoms with Crippen molar-refractivity contribution in [3.8, 4) is 11.5 Å². The van der Waals surface area contributed by atoms with Crippen LogP contribution in [0.2, 0.25) is 0 Å². The highest BCUT2D eigenvalue weighted by Crippen LogP contribution is 2.39. The number of methoxy groups -OCH3 is 1. The lowest BCUT2D eigenvalue weighted by molar-refractivity contribution is -0.150. The largest absolute Gasteiger partial charge is 0.501 e. The van der Waals surface area contributed by atoms with Crippen LogP contribution < -0.4 is 20.1 Å². The molecule has 2 aromatic carbocycles. The van der Waals surface area contributed by atoms with Crippen molar-refractivity contribution < 1.29 is 54.9 Å². The SMILES string of the molecule is COc1cc(F)c(OC2CCC(C)(C(=O)O)CC2)cc1C(=O)N[C@H]1CCCCC[C@H]1C(=O)Nc1cccc(S(=O)(=O)C(F)(F)F)c1. The van der Waals surface area contributed by atoms with Crippen molar-refractivity contribution in [1.82, 2.24) is 5.32 Å². The van der Waals surface area contributed by atoms with Gasteiger partial charge in [-0.05, 0) is 69.7 Å². The average Bonchev–Trinajstić information content (AvgIpc) is 3.24. The average molecular weight is 673 g/mol. The molecule has 10 nitrogen and oxygen atoms in total. The van der Waals surface area contributed by atoms with Gasteiger partial charge in [-0.3, -0.25) is 14.4 Å². The first-order chi connectivity index (χ1) is 21.6. The number of hydrogen-bond donors (Lipinski definition) is 3. The van der Waals surface area contributed by atoms with Crippen molar-refractivity contribution in [3.63, 3.8) is 0 Å². The van der Waals surface area contributed by atoms with Gasteiger partial charge in [-0.15, -0.1) is 0 Å². The van der Waals surface area contributed by atoms with Gasteiger partial charge in [0, 0.05) is 17.8 Å². The zero-order chi connectivity index (χ0) is 33.9. The lowest BCUT2D eigenvalue weighted by Gasteiger charge is -2.34. The first-order valence-corrected chi connectivity index (χ1v) is 16.3. The second-order valence-electron chi connectivity index (χ2n) is 12.0. The smallest absolute Gasteiger partial charge is 0.496 e. The highest BCUT2D eigenvalue weighted by atomic mass is 32.2. The number of ether oxygens (including phenoxy) is 2. The Bertz CT molecular complexity index is 1570. The van der Waals surface area contributed by atoms with Gasteiger partial charge in [0.1, 0.15) is 5.75 Å². The van der Waals surface area contributed by atoms with Gasteiger partial charge in [0.25, 0.3) is 15.7 Å². The van der Waals surface area contributed by atoms with Crippen LogP contribution >= 0.6 is 0 Å². The fourth-order valence-corrected chi connectivity index (χ4v) is 6.67. The van der Waals surface area contributed by atoms with Gasteiger partial charge in [-0.2, -0.15) is 13.2 Å². The number of nitrogens with one attached hydrogen (secondary N) is 2. The molecule has 0 unspecified atom stereocenters. The topological polar surface area (TPSA) is 148 Å². The number of carbonyl (C=O) groups excluding carboxylic acids is 2. The summed E-state index contributed by atoms with van der Waals surface area (Å²) in [4.78, 5) is 37.5. The molecule has 0 spiro atoms. The molecule has 4 rings (SSSR count). The number of aliphatic carboxylic acids is 1. The summed E-state index contributed by atoms with van der Waals surface area (Å²) >= 11 is 0. The number of halogens is 4. The number of carboxylic acid groups (broad SMARTS) is 1. The number of carbonyl (C=O) groups is 3. The van der Waals surface area contributed by atoms with E-state index in [0.29, 0.717) is 51.4 Å². The third-order valence-electron chi connectivity index (χ3n) is 8.73. The highest BCUT2D eigenvalue weighted by molar-refractivity contribution is 7.92. The van der Waals surface area contributed by atoms with E-state index in [-0.39, 0.29) is 22.7 Å². The van der Waals surface area contributed by atoms with Crippen molar-refractivity contribution in [2.45, 2.75) is 87.3 Å². The Morgan fingerprint density at radius 1 is 0.978 bits per heavy atom. The molecular formula is C31H36F4N2O8S. The van der Waals surface area contributed by atoms with Gasteiger partial charge < -0.3 is 25.2 Å². The predicted octanol–water partition coefficient (Wildman–Crippen LogP) is 5.86. The van der Waals surface area contributed by atoms with Crippen LogP contribution in [0, 0.1) is 17.2 Å². The van der Waals surface area contributed by atoms with Crippen LogP contribution in [0.4, 0.5) is 23.2 Å². The number of anilines is 1. The van der Waals surface area contributed by atoms with Crippen LogP contribution in [-0.4, -0.2) is 56.1 Å². The third-order valence-corrected chi connectivity index (χ3v) is 10.2. The summed E-state index contributed by atoms with van der Waals surface area (Å²) in [5.41, 5.74) is -6.62. The summed E-state index contributed by atoms with van der Waals surface area (Å²) in [5.74, 6) is -4.08. The van der Waals surface area contributed by atoms with Crippen LogP contribution in [0.25, 0.3) is 0 Å². The highest BCUT2D eigenvalue weighted by Gasteiger charge is 2.47. The molecule has 2 fully saturated rings. The van der Waals surface area contributed by atoms with Gasteiger partial charge >= 0.3 is 11.5 Å². The van der Waals surface area contributed by atoms with E-state index in [1.165, 1.54) is 19.2 Å². The van der Waals surface area contributed by atoms with E-state index in [1.54, 1.807) is 6.92 Å². The summed E-state index contributed by atoms with van der Waals surface area (Å²) in [6, 6.07) is 5.34. The number of sulfone groups is 1. The minimum atomic E-state index is -5.63. The van der Waals surface area contributed by atoms with E-state index in [0.717, 1.165) is 30.7 Å². The van der Waals surface area contributed by atoms with E-state index in [9.17, 15) is 45.5 Å². The predicted molar refractivity (Wildman–Crippen MR) is 158 cm³/mol. The lowest BCUT2D eigenvalue weighted by Crippen LogP contribution is -2.44. The molecule has 0 radical (unpaired) electrons. The van der Waals surface area contributed by atoms with Crippen molar-refractivity contribution in [3.05, 3.63) is 47.8 Å². The Balaban J connectivity index is 1.51. The van der Waals surface area contributed by atoms with Crippen LogP contribution in [0.3, 0.4) is 0 Å². The van der Waals surface area contributed by atoms with Gasteiger partial charge in [0.05, 0.1) is 35.0 Å². The summed E-state index contributed by atoms with van der Waals surface area (Å²) < 4.78 is 89.0. The van der Waals surface area contributed by atoms with Crippen molar-refractivity contribution >= 4 is 33.3 Å². The van der Waals surface area contributed by atoms with E-state index < -0.39 is 67.3 Å². The second kappa shape index (κ2) is 13.9. The van der Waals surface area contributed by atoms with Gasteiger partial charge in [-0.25, -0.2) is 12.8 Å². The van der Waals surface area contributed by atoms with Gasteiger partial charge in [0.15, 0.2) is 11.6 Å². The molecule has 0 aliphatic heterocycles. The van der Waals surface area contributed by atoms with Crippen LogP contribution in [-0.2, 0) is 19.4 Å². The number of hydrogen-bond acceptors (Lipinski definition) is 7. The van der Waals surface area contributed by atoms with E-state index in [1.807, 2.05) is 0 Å². The van der Waals surface area contributed by atoms with Crippen LogP contribution in [0.5, 0.6) is 11.5 Å². The molecule has 0 bridgehead atoms. The van der Waals surface area contributed by atoms with E-state index in [2.05, 4.69) is 10.6 Å². The van der Waals surface area contributed by atoms with Crippen molar-refractivity contribution in [2.75, 3.05) is 12.4 Å². The second-order valence-corrected chi connectivity index (χ2v) is 13.9. The molecule has 0 saturated heterocycles. The number of carboxylic acids is 1.